The van der Waals surface area contributed by atoms with Crippen molar-refractivity contribution in [2.75, 3.05) is 24.2 Å². The van der Waals surface area contributed by atoms with Crippen LogP contribution in [-0.2, 0) is 16.4 Å². The van der Waals surface area contributed by atoms with E-state index in [1.807, 2.05) is 60.7 Å². The summed E-state index contributed by atoms with van der Waals surface area (Å²) in [4.78, 5) is 13.6. The van der Waals surface area contributed by atoms with Crippen LogP contribution in [-0.4, -0.2) is 57.5 Å². The molecule has 3 aromatic carbocycles. The number of aliphatic hydroxyl groups is 1. The lowest BCUT2D eigenvalue weighted by Gasteiger charge is -2.25. The number of anilines is 1. The quantitative estimate of drug-likeness (QED) is 0.331. The maximum absolute atomic E-state index is 13.6. The van der Waals surface area contributed by atoms with Gasteiger partial charge in [0.25, 0.3) is 5.91 Å². The zero-order valence-electron chi connectivity index (χ0n) is 21.8. The molecule has 0 heterocycles. The molecule has 200 valence electrons. The molecule has 0 radical (unpaired) electrons. The largest absolute Gasteiger partial charge is 0.390 e. The van der Waals surface area contributed by atoms with Gasteiger partial charge in [-0.25, -0.2) is 8.42 Å². The molecule has 2 atom stereocenters. The van der Waals surface area contributed by atoms with Gasteiger partial charge >= 0.3 is 0 Å². The molecule has 3 N–H and O–H groups in total. The highest BCUT2D eigenvalue weighted by molar-refractivity contribution is 7.92. The maximum Gasteiger partial charge on any atom is 0.251 e. The number of carbonyl (C=O) groups excluding carboxylic acids is 1. The Kier molecular flexibility index (Phi) is 8.66. The number of rotatable bonds is 12. The van der Waals surface area contributed by atoms with Crippen molar-refractivity contribution >= 4 is 27.2 Å². The van der Waals surface area contributed by atoms with Gasteiger partial charge in [-0.2, -0.15) is 0 Å². The first-order chi connectivity index (χ1) is 18.1. The van der Waals surface area contributed by atoms with Crippen LogP contribution in [0.15, 0.2) is 85.4 Å². The van der Waals surface area contributed by atoms with Gasteiger partial charge in [0.1, 0.15) is 0 Å². The van der Waals surface area contributed by atoms with E-state index in [4.69, 9.17) is 0 Å². The molecule has 0 bridgehead atoms. The van der Waals surface area contributed by atoms with Crippen LogP contribution in [0, 0.1) is 0 Å². The summed E-state index contributed by atoms with van der Waals surface area (Å²) < 4.78 is 25.8. The first-order valence-corrected chi connectivity index (χ1v) is 14.6. The van der Waals surface area contributed by atoms with Crippen LogP contribution < -0.4 is 14.9 Å². The smallest absolute Gasteiger partial charge is 0.251 e. The zero-order valence-corrected chi connectivity index (χ0v) is 22.6. The van der Waals surface area contributed by atoms with Crippen molar-refractivity contribution in [2.45, 2.75) is 37.5 Å². The number of amides is 1. The molecule has 0 aliphatic heterocycles. The highest BCUT2D eigenvalue weighted by atomic mass is 32.2. The van der Waals surface area contributed by atoms with Crippen LogP contribution in [0.3, 0.4) is 0 Å². The van der Waals surface area contributed by atoms with E-state index in [9.17, 15) is 18.3 Å². The molecule has 0 aromatic heterocycles. The Labute approximate surface area is 225 Å². The molecule has 7 nitrogen and oxygen atoms in total. The van der Waals surface area contributed by atoms with Crippen LogP contribution in [0.5, 0.6) is 0 Å². The topological polar surface area (TPSA) is 98.7 Å². The molecule has 4 rings (SSSR count). The van der Waals surface area contributed by atoms with Crippen molar-refractivity contribution in [1.82, 2.24) is 10.6 Å². The third-order valence-corrected chi connectivity index (χ3v) is 7.99. The lowest BCUT2D eigenvalue weighted by molar-refractivity contribution is 0.0830. The van der Waals surface area contributed by atoms with Gasteiger partial charge in [0.05, 0.1) is 24.1 Å². The minimum atomic E-state index is -3.57. The standard InChI is InChI=1S/C30H35N3O4S/c1-21(23-12-8-5-9-13-23)24-17-25(19-27(18-24)33(2)38(3,36)37)30(35)32-28(16-22-10-6-4-7-11-22)29(34)20-31-26-14-15-26/h4-13,17-19,26,28-29,31,34H,1,14-16,20H2,2-3H3,(H,32,35)/t28-,29+/m0/s1. The van der Waals surface area contributed by atoms with Crippen molar-refractivity contribution in [3.63, 3.8) is 0 Å². The maximum atomic E-state index is 13.6. The van der Waals surface area contributed by atoms with Gasteiger partial charge in [-0.05, 0) is 59.7 Å². The molecule has 0 saturated heterocycles. The van der Waals surface area contributed by atoms with E-state index in [1.54, 1.807) is 18.2 Å². The number of carbonyl (C=O) groups is 1. The van der Waals surface area contributed by atoms with Crippen LogP contribution >= 0.6 is 0 Å². The molecule has 8 heteroatoms. The zero-order chi connectivity index (χ0) is 27.3. The molecule has 3 aromatic rings. The van der Waals surface area contributed by atoms with Gasteiger partial charge in [0.15, 0.2) is 0 Å². The first-order valence-electron chi connectivity index (χ1n) is 12.7. The summed E-state index contributed by atoms with van der Waals surface area (Å²) in [6.45, 7) is 4.57. The second-order valence-electron chi connectivity index (χ2n) is 9.86. The number of hydrogen-bond donors (Lipinski definition) is 3. The molecular weight excluding hydrogens is 498 g/mol. The SMILES string of the molecule is C=C(c1ccccc1)c1cc(C(=O)N[C@@H](Cc2ccccc2)[C@H](O)CNC2CC2)cc(N(C)S(C)(=O)=O)c1. The Balaban J connectivity index is 1.65. The fraction of sp³-hybridized carbons (Fsp3) is 0.300. The number of sulfonamides is 1. The minimum Gasteiger partial charge on any atom is -0.390 e. The normalized spacial score (nSPS) is 14.9. The Morgan fingerprint density at radius 2 is 1.61 bits per heavy atom. The van der Waals surface area contributed by atoms with Gasteiger partial charge in [-0.3, -0.25) is 9.10 Å². The number of nitrogens with zero attached hydrogens (tertiary/aromatic N) is 1. The van der Waals surface area contributed by atoms with E-state index in [0.717, 1.165) is 34.5 Å². The molecule has 0 spiro atoms. The van der Waals surface area contributed by atoms with Gasteiger partial charge in [0, 0.05) is 25.2 Å². The highest BCUT2D eigenvalue weighted by Crippen LogP contribution is 2.28. The van der Waals surface area contributed by atoms with E-state index < -0.39 is 28.1 Å². The molecule has 1 amide bonds. The Hall–Kier alpha value is -3.46. The average molecular weight is 534 g/mol. The van der Waals surface area contributed by atoms with Crippen LogP contribution in [0.2, 0.25) is 0 Å². The molecule has 1 aliphatic carbocycles. The van der Waals surface area contributed by atoms with Crippen LogP contribution in [0.4, 0.5) is 5.69 Å². The van der Waals surface area contributed by atoms with Crippen LogP contribution in [0.25, 0.3) is 5.57 Å². The summed E-state index contributed by atoms with van der Waals surface area (Å²) in [7, 11) is -2.12. The summed E-state index contributed by atoms with van der Waals surface area (Å²) in [6, 6.07) is 24.1. The third kappa shape index (κ3) is 7.31. The molecule has 1 saturated carbocycles. The Morgan fingerprint density at radius 1 is 1.00 bits per heavy atom. The van der Waals surface area contributed by atoms with E-state index in [0.29, 0.717) is 35.8 Å². The second-order valence-corrected chi connectivity index (χ2v) is 11.9. The van der Waals surface area contributed by atoms with Crippen molar-refractivity contribution in [3.05, 3.63) is 108 Å². The summed E-state index contributed by atoms with van der Waals surface area (Å²) in [5, 5.41) is 17.3. The van der Waals surface area contributed by atoms with Gasteiger partial charge in [-0.15, -0.1) is 0 Å². The summed E-state index contributed by atoms with van der Waals surface area (Å²) >= 11 is 0. The van der Waals surface area contributed by atoms with Crippen molar-refractivity contribution in [3.8, 4) is 0 Å². The molecule has 1 aliphatic rings. The minimum absolute atomic E-state index is 0.283. The second kappa shape index (κ2) is 11.9. The monoisotopic (exact) mass is 533 g/mol. The van der Waals surface area contributed by atoms with E-state index in [-0.39, 0.29) is 5.56 Å². The van der Waals surface area contributed by atoms with E-state index in [2.05, 4.69) is 17.2 Å². The summed E-state index contributed by atoms with van der Waals surface area (Å²) in [5.41, 5.74) is 3.78. The molecular formula is C30H35N3O4S. The Bertz CT molecular complexity index is 1370. The first kappa shape index (κ1) is 27.6. The Morgan fingerprint density at radius 3 is 2.21 bits per heavy atom. The lowest BCUT2D eigenvalue weighted by atomic mass is 9.96. The molecule has 1 fully saturated rings. The van der Waals surface area contributed by atoms with Gasteiger partial charge < -0.3 is 15.7 Å². The lowest BCUT2D eigenvalue weighted by Crippen LogP contribution is -2.49. The predicted octanol–water partition coefficient (Wildman–Crippen LogP) is 3.60. The third-order valence-electron chi connectivity index (χ3n) is 6.78. The van der Waals surface area contributed by atoms with Gasteiger partial charge in [0.2, 0.25) is 10.0 Å². The highest BCUT2D eigenvalue weighted by Gasteiger charge is 2.27. The molecule has 38 heavy (non-hydrogen) atoms. The van der Waals surface area contributed by atoms with Gasteiger partial charge in [-0.1, -0.05) is 67.2 Å². The average Bonchev–Trinajstić information content (AvgIpc) is 3.75. The fourth-order valence-electron chi connectivity index (χ4n) is 4.22. The molecule has 0 unspecified atom stereocenters. The summed E-state index contributed by atoms with van der Waals surface area (Å²) in [5.74, 6) is -0.401. The number of hydrogen-bond acceptors (Lipinski definition) is 5. The van der Waals surface area contributed by atoms with E-state index in [1.165, 1.54) is 7.05 Å². The van der Waals surface area contributed by atoms with Crippen LogP contribution in [0.1, 0.15) is 39.9 Å². The van der Waals surface area contributed by atoms with E-state index >= 15 is 0 Å². The number of benzene rings is 3. The fourth-order valence-corrected chi connectivity index (χ4v) is 4.70. The predicted molar refractivity (Wildman–Crippen MR) is 153 cm³/mol. The van der Waals surface area contributed by atoms with Crippen molar-refractivity contribution in [2.24, 2.45) is 0 Å². The van der Waals surface area contributed by atoms with Crippen molar-refractivity contribution < 1.29 is 18.3 Å². The number of nitrogens with one attached hydrogen (secondary N) is 2. The summed E-state index contributed by atoms with van der Waals surface area (Å²) in [6.07, 6.45) is 2.95. The van der Waals surface area contributed by atoms with Crippen molar-refractivity contribution in [1.29, 1.82) is 0 Å². The number of aliphatic hydroxyl groups excluding tert-OH is 1.